The topological polar surface area (TPSA) is 52.6 Å². The van der Waals surface area contributed by atoms with Crippen LogP contribution in [-0.2, 0) is 23.0 Å². The molecule has 36 heavy (non-hydrogen) atoms. The molecule has 2 unspecified atom stereocenters. The molecule has 2 rings (SSSR count). The zero-order chi connectivity index (χ0) is 26.1. The van der Waals surface area contributed by atoms with Gasteiger partial charge in [0.1, 0.15) is 0 Å². The number of benzene rings is 2. The Morgan fingerprint density at radius 1 is 0.944 bits per heavy atom. The van der Waals surface area contributed by atoms with Crippen molar-refractivity contribution in [1.82, 2.24) is 0 Å². The van der Waals surface area contributed by atoms with Crippen LogP contribution in [0.4, 0.5) is 0 Å². The minimum atomic E-state index is -0.254. The van der Waals surface area contributed by atoms with Gasteiger partial charge in [-0.1, -0.05) is 50.9 Å². The average Bonchev–Trinajstić information content (AvgIpc) is 2.80. The summed E-state index contributed by atoms with van der Waals surface area (Å²) < 4.78 is 9.94. The number of carbonyl (C=O) groups excluding carboxylic acids is 2. The van der Waals surface area contributed by atoms with Crippen LogP contribution in [0.25, 0.3) is 0 Å². The molecule has 0 aliphatic heterocycles. The maximum atomic E-state index is 12.0. The molecule has 2 atom stereocenters. The predicted octanol–water partition coefficient (Wildman–Crippen LogP) is 4.86. The Morgan fingerprint density at radius 2 is 1.36 bits per heavy atom. The first kappa shape index (κ1) is 41.4. The van der Waals surface area contributed by atoms with Crippen LogP contribution in [-0.4, -0.2) is 44.8 Å². The van der Waals surface area contributed by atoms with E-state index in [1.54, 1.807) is 55.5 Å². The Kier molecular flexibility index (Phi) is 28.7. The molecule has 0 saturated carbocycles. The molecule has 0 aromatic heterocycles. The van der Waals surface area contributed by atoms with E-state index in [9.17, 15) is 9.59 Å². The van der Waals surface area contributed by atoms with Gasteiger partial charge in [0.25, 0.3) is 0 Å². The molecular weight excluding hydrogens is 670 g/mol. The summed E-state index contributed by atoms with van der Waals surface area (Å²) >= 11 is 25.1. The molecule has 0 N–H and O–H groups in total. The fourth-order valence-electron chi connectivity index (χ4n) is 2.10. The van der Waals surface area contributed by atoms with Gasteiger partial charge < -0.3 is 35.2 Å². The molecular formula is C24H27BrCl2KO4S4-. The largest absolute Gasteiger partial charge is 1.00 e. The second-order valence-corrected chi connectivity index (χ2v) is 10.7. The standard InChI is InChI=1S/C12H13ClO2S2.C9H8BrClO.C3H5OS.K.H2S/c1-3-15-12(16)17-8(2)11(14)9-4-6-10(13)7-5-9;1-6(10)9(12)7-2-4-8(11)5-3-7;1-2-4-3-5;;/h4-8H,3H2,1-2H3;2-6H,1H3;2H2,1H3;;1H2/q;;-1;+1;/p-1. The quantitative estimate of drug-likeness (QED) is 0.0738. The van der Waals surface area contributed by atoms with Crippen molar-refractivity contribution in [3.8, 4) is 0 Å². The number of ketones is 2. The van der Waals surface area contributed by atoms with Gasteiger partial charge in [-0.25, -0.2) is 5.55 Å². The number of hydrogen-bond donors (Lipinski definition) is 0. The third-order valence-corrected chi connectivity index (χ3v) is 6.05. The molecule has 0 spiro atoms. The van der Waals surface area contributed by atoms with Crippen molar-refractivity contribution in [2.24, 2.45) is 0 Å². The maximum absolute atomic E-state index is 12.0. The number of alkyl halides is 1. The van der Waals surface area contributed by atoms with Gasteiger partial charge in [-0.2, -0.15) is 0 Å². The summed E-state index contributed by atoms with van der Waals surface area (Å²) in [5, 5.41) is 1.01. The summed E-state index contributed by atoms with van der Waals surface area (Å²) in [6, 6.07) is 13.7. The summed E-state index contributed by atoms with van der Waals surface area (Å²) in [6.07, 6.45) is 0. The van der Waals surface area contributed by atoms with E-state index in [-0.39, 0.29) is 86.5 Å². The van der Waals surface area contributed by atoms with Gasteiger partial charge in [-0.05, 0) is 88.4 Å². The van der Waals surface area contributed by atoms with Crippen LogP contribution in [0.15, 0.2) is 48.5 Å². The Bertz CT molecular complexity index is 917. The van der Waals surface area contributed by atoms with Gasteiger partial charge in [-0.3, -0.25) is 9.59 Å². The van der Waals surface area contributed by atoms with Gasteiger partial charge in [0.15, 0.2) is 11.6 Å². The Morgan fingerprint density at radius 3 is 1.67 bits per heavy atom. The molecule has 2 aromatic rings. The van der Waals surface area contributed by atoms with Gasteiger partial charge in [-0.15, -0.1) is 0 Å². The molecule has 0 amide bonds. The van der Waals surface area contributed by atoms with Crippen LogP contribution in [0.5, 0.6) is 0 Å². The average molecular weight is 698 g/mol. The zero-order valence-electron chi connectivity index (χ0n) is 20.6. The first-order valence-corrected chi connectivity index (χ1v) is 13.5. The van der Waals surface area contributed by atoms with Crippen molar-refractivity contribution < 1.29 is 70.4 Å². The summed E-state index contributed by atoms with van der Waals surface area (Å²) in [5.74, 6) is 0.0976. The minimum absolute atomic E-state index is 0. The van der Waals surface area contributed by atoms with Crippen molar-refractivity contribution >= 4 is 110 Å². The molecule has 0 heterocycles. The maximum Gasteiger partial charge on any atom is 1.00 e. The molecule has 0 aliphatic carbocycles. The Hall–Kier alpha value is 0.956. The third-order valence-electron chi connectivity index (χ3n) is 3.73. The molecule has 0 radical (unpaired) electrons. The number of rotatable bonds is 8. The molecule has 12 heteroatoms. The predicted molar refractivity (Wildman–Crippen MR) is 164 cm³/mol. The van der Waals surface area contributed by atoms with Crippen molar-refractivity contribution in [2.45, 2.75) is 37.8 Å². The van der Waals surface area contributed by atoms with Crippen LogP contribution >= 0.6 is 75.3 Å². The monoisotopic (exact) mass is 695 g/mol. The summed E-state index contributed by atoms with van der Waals surface area (Å²) in [5.41, 5.74) is 3.42. The van der Waals surface area contributed by atoms with Gasteiger partial charge in [0, 0.05) is 27.8 Å². The SMILES string of the molecule is CC(Br)C(=O)c1ccc(Cl)cc1.CCOC(=S)SC(C)C(=O)c1ccc(Cl)cc1.CCO[C-]=S.[K+].[SH-]. The van der Waals surface area contributed by atoms with E-state index >= 15 is 0 Å². The van der Waals surface area contributed by atoms with Crippen LogP contribution in [0.3, 0.4) is 0 Å². The Labute approximate surface area is 297 Å². The van der Waals surface area contributed by atoms with Crippen LogP contribution < -0.4 is 51.4 Å². The normalized spacial score (nSPS) is 10.8. The smallest absolute Gasteiger partial charge is 0.813 e. The molecule has 194 valence electrons. The fourth-order valence-corrected chi connectivity index (χ4v) is 4.00. The number of carbonyl (C=O) groups is 2. The molecule has 0 aliphatic rings. The molecule has 0 bridgehead atoms. The molecule has 4 nitrogen and oxygen atoms in total. The van der Waals surface area contributed by atoms with Crippen molar-refractivity contribution in [3.63, 3.8) is 0 Å². The van der Waals surface area contributed by atoms with Gasteiger partial charge in [0.05, 0.1) is 16.7 Å². The van der Waals surface area contributed by atoms with Crippen molar-refractivity contribution in [2.75, 3.05) is 13.2 Å². The molecule has 0 saturated heterocycles. The first-order valence-electron chi connectivity index (χ1n) is 10.1. The van der Waals surface area contributed by atoms with E-state index in [0.717, 1.165) is 0 Å². The number of halogens is 3. The summed E-state index contributed by atoms with van der Waals surface area (Å²) in [4.78, 5) is 23.2. The third kappa shape index (κ3) is 19.1. The second kappa shape index (κ2) is 25.0. The second-order valence-electron chi connectivity index (χ2n) is 6.32. The number of thiocarbonyl (C=S) groups is 2. The Balaban J connectivity index is -0.000000503. The van der Waals surface area contributed by atoms with Crippen molar-refractivity contribution in [3.05, 3.63) is 69.7 Å². The number of hydrogen-bond acceptors (Lipinski definition) is 8. The first-order chi connectivity index (χ1) is 16.1. The van der Waals surface area contributed by atoms with Crippen LogP contribution in [0, 0.1) is 0 Å². The summed E-state index contributed by atoms with van der Waals surface area (Å²) in [7, 11) is 0. The zero-order valence-corrected chi connectivity index (χ0v) is 30.2. The van der Waals surface area contributed by atoms with Gasteiger partial charge in [0.2, 0.25) is 4.38 Å². The number of Topliss-reactive ketones (excluding diaryl/α,β-unsaturated/α-hetero) is 2. The number of thioether (sulfide) groups is 1. The molecule has 2 aromatic carbocycles. The minimum Gasteiger partial charge on any atom is -0.813 e. The number of ether oxygens (including phenoxy) is 2. The van der Waals surface area contributed by atoms with Crippen LogP contribution in [0.1, 0.15) is 48.4 Å². The van der Waals surface area contributed by atoms with E-state index in [0.29, 0.717) is 38.8 Å². The summed E-state index contributed by atoms with van der Waals surface area (Å²) in [6.45, 7) is 8.49. The van der Waals surface area contributed by atoms with Crippen LogP contribution in [0.2, 0.25) is 10.0 Å². The van der Waals surface area contributed by atoms with E-state index < -0.39 is 0 Å². The fraction of sp³-hybridized carbons (Fsp3) is 0.333. The van der Waals surface area contributed by atoms with E-state index in [4.69, 9.17) is 40.2 Å². The van der Waals surface area contributed by atoms with Gasteiger partial charge >= 0.3 is 51.4 Å². The van der Waals surface area contributed by atoms with E-state index in [2.05, 4.69) is 38.4 Å². The van der Waals surface area contributed by atoms with E-state index in [1.807, 2.05) is 20.8 Å². The molecule has 0 fully saturated rings. The van der Waals surface area contributed by atoms with E-state index in [1.165, 1.54) is 11.8 Å². The van der Waals surface area contributed by atoms with Crippen molar-refractivity contribution in [1.29, 1.82) is 0 Å². The number of thiol groups is 1.